The van der Waals surface area contributed by atoms with Gasteiger partial charge in [0.25, 0.3) is 0 Å². The Kier molecular flexibility index (Phi) is 3.61. The van der Waals surface area contributed by atoms with Crippen molar-refractivity contribution in [3.05, 3.63) is 0 Å². The molecule has 0 aliphatic heterocycles. The molecule has 4 heteroatoms. The zero-order chi connectivity index (χ0) is 12.4. The predicted octanol–water partition coefficient (Wildman–Crippen LogP) is 1.06. The molecule has 0 heterocycles. The predicted molar refractivity (Wildman–Crippen MR) is 62.8 cm³/mol. The molecule has 92 valence electrons. The number of hydrogen-bond donors (Lipinski definition) is 2. The van der Waals surface area contributed by atoms with Crippen molar-refractivity contribution < 1.29 is 9.59 Å². The number of carbonyl (C=O) groups is 2. The summed E-state index contributed by atoms with van der Waals surface area (Å²) in [4.78, 5) is 23.5. The molecule has 0 radical (unpaired) electrons. The summed E-state index contributed by atoms with van der Waals surface area (Å²) in [7, 11) is 0. The van der Waals surface area contributed by atoms with E-state index < -0.39 is 0 Å². The van der Waals surface area contributed by atoms with Crippen molar-refractivity contribution in [2.45, 2.75) is 40.5 Å². The van der Waals surface area contributed by atoms with E-state index in [-0.39, 0.29) is 22.6 Å². The number of carbonyl (C=O) groups excluding carboxylic acids is 2. The molecule has 1 aliphatic rings. The summed E-state index contributed by atoms with van der Waals surface area (Å²) in [6, 6.07) is 0. The molecule has 1 aliphatic carbocycles. The minimum Gasteiger partial charge on any atom is -0.356 e. The number of rotatable bonds is 4. The Morgan fingerprint density at radius 2 is 1.25 bits per heavy atom. The van der Waals surface area contributed by atoms with E-state index >= 15 is 0 Å². The zero-order valence-electron chi connectivity index (χ0n) is 10.6. The van der Waals surface area contributed by atoms with Gasteiger partial charge in [-0.15, -0.1) is 0 Å². The summed E-state index contributed by atoms with van der Waals surface area (Å²) in [6.45, 7) is 8.96. The lowest BCUT2D eigenvalue weighted by atomic mass is 9.53. The van der Waals surface area contributed by atoms with Gasteiger partial charge in [0.2, 0.25) is 11.8 Å². The van der Waals surface area contributed by atoms with Crippen LogP contribution in [-0.2, 0) is 9.59 Å². The largest absolute Gasteiger partial charge is 0.356 e. The Bertz CT molecular complexity index is 265. The molecule has 1 fully saturated rings. The Morgan fingerprint density at radius 3 is 1.50 bits per heavy atom. The Balaban J connectivity index is 2.58. The van der Waals surface area contributed by atoms with E-state index in [1.807, 2.05) is 27.7 Å². The first kappa shape index (κ1) is 13.0. The average molecular weight is 226 g/mol. The summed E-state index contributed by atoms with van der Waals surface area (Å²) in [5.41, 5.74) is -0.730. The minimum absolute atomic E-state index is 0.0665. The van der Waals surface area contributed by atoms with Crippen LogP contribution in [0.3, 0.4) is 0 Å². The third-order valence-electron chi connectivity index (χ3n) is 3.33. The summed E-state index contributed by atoms with van der Waals surface area (Å²) in [5, 5.41) is 5.65. The highest BCUT2D eigenvalue weighted by Crippen LogP contribution is 2.54. The SMILES string of the molecule is CCNC(=O)C1(C)CC(C)(C(=O)NCC)C1. The molecule has 0 aromatic heterocycles. The van der Waals surface area contributed by atoms with Crippen molar-refractivity contribution in [3.8, 4) is 0 Å². The van der Waals surface area contributed by atoms with Crippen LogP contribution in [0.25, 0.3) is 0 Å². The number of amides is 2. The molecule has 1 rings (SSSR count). The van der Waals surface area contributed by atoms with E-state index in [4.69, 9.17) is 0 Å². The molecule has 2 amide bonds. The van der Waals surface area contributed by atoms with Crippen LogP contribution in [0.4, 0.5) is 0 Å². The van der Waals surface area contributed by atoms with Crippen LogP contribution in [0.15, 0.2) is 0 Å². The molecule has 4 nitrogen and oxygen atoms in total. The van der Waals surface area contributed by atoms with Gasteiger partial charge in [-0.1, -0.05) is 13.8 Å². The third-order valence-corrected chi connectivity index (χ3v) is 3.33. The van der Waals surface area contributed by atoms with Gasteiger partial charge in [-0.2, -0.15) is 0 Å². The molecular formula is C12H22N2O2. The Hall–Kier alpha value is -1.06. The van der Waals surface area contributed by atoms with Gasteiger partial charge in [-0.3, -0.25) is 9.59 Å². The molecule has 0 saturated heterocycles. The second kappa shape index (κ2) is 4.44. The zero-order valence-corrected chi connectivity index (χ0v) is 10.6. The molecule has 16 heavy (non-hydrogen) atoms. The van der Waals surface area contributed by atoms with Gasteiger partial charge in [0, 0.05) is 23.9 Å². The lowest BCUT2D eigenvalue weighted by Gasteiger charge is -2.50. The molecule has 0 unspecified atom stereocenters. The summed E-state index contributed by atoms with van der Waals surface area (Å²) >= 11 is 0. The topological polar surface area (TPSA) is 58.2 Å². The third kappa shape index (κ3) is 2.20. The maximum absolute atomic E-state index is 11.8. The molecular weight excluding hydrogens is 204 g/mol. The van der Waals surface area contributed by atoms with Crippen LogP contribution >= 0.6 is 0 Å². The number of nitrogens with one attached hydrogen (secondary N) is 2. The van der Waals surface area contributed by atoms with Crippen molar-refractivity contribution in [1.29, 1.82) is 0 Å². The van der Waals surface area contributed by atoms with E-state index in [0.717, 1.165) is 0 Å². The fourth-order valence-corrected chi connectivity index (χ4v) is 2.74. The fourth-order valence-electron chi connectivity index (χ4n) is 2.74. The van der Waals surface area contributed by atoms with Gasteiger partial charge < -0.3 is 10.6 Å². The molecule has 0 aromatic carbocycles. The van der Waals surface area contributed by atoms with Gasteiger partial charge in [-0.25, -0.2) is 0 Å². The van der Waals surface area contributed by atoms with Gasteiger partial charge in [0.1, 0.15) is 0 Å². The van der Waals surface area contributed by atoms with Crippen LogP contribution in [0.1, 0.15) is 40.5 Å². The van der Waals surface area contributed by atoms with E-state index in [1.54, 1.807) is 0 Å². The summed E-state index contributed by atoms with van der Waals surface area (Å²) in [6.07, 6.45) is 1.27. The monoisotopic (exact) mass is 226 g/mol. The van der Waals surface area contributed by atoms with Crippen LogP contribution in [-0.4, -0.2) is 24.9 Å². The van der Waals surface area contributed by atoms with Crippen molar-refractivity contribution in [3.63, 3.8) is 0 Å². The quantitative estimate of drug-likeness (QED) is 0.753. The molecule has 2 N–H and O–H groups in total. The van der Waals surface area contributed by atoms with Gasteiger partial charge in [0.05, 0.1) is 0 Å². The Morgan fingerprint density at radius 1 is 0.938 bits per heavy atom. The first-order chi connectivity index (χ1) is 7.38. The normalized spacial score (nSPS) is 32.8. The molecule has 0 bridgehead atoms. The lowest BCUT2D eigenvalue weighted by Crippen LogP contribution is -2.57. The number of hydrogen-bond acceptors (Lipinski definition) is 2. The maximum Gasteiger partial charge on any atom is 0.225 e. The Labute approximate surface area is 97.2 Å². The van der Waals surface area contributed by atoms with Crippen LogP contribution in [0, 0.1) is 10.8 Å². The van der Waals surface area contributed by atoms with Gasteiger partial charge in [-0.05, 0) is 26.7 Å². The average Bonchev–Trinajstić information content (AvgIpc) is 2.16. The summed E-state index contributed by atoms with van der Waals surface area (Å²) in [5.74, 6) is 0.133. The van der Waals surface area contributed by atoms with E-state index in [2.05, 4.69) is 10.6 Å². The van der Waals surface area contributed by atoms with Gasteiger partial charge in [0.15, 0.2) is 0 Å². The second-order valence-corrected chi connectivity index (χ2v) is 5.19. The smallest absolute Gasteiger partial charge is 0.225 e. The fraction of sp³-hybridized carbons (Fsp3) is 0.833. The first-order valence-corrected chi connectivity index (χ1v) is 5.94. The van der Waals surface area contributed by atoms with Crippen molar-refractivity contribution >= 4 is 11.8 Å². The molecule has 0 atom stereocenters. The van der Waals surface area contributed by atoms with E-state index in [1.165, 1.54) is 0 Å². The second-order valence-electron chi connectivity index (χ2n) is 5.19. The maximum atomic E-state index is 11.8. The summed E-state index contributed by atoms with van der Waals surface area (Å²) < 4.78 is 0. The first-order valence-electron chi connectivity index (χ1n) is 5.94. The molecule has 1 saturated carbocycles. The lowest BCUT2D eigenvalue weighted by molar-refractivity contribution is -0.154. The van der Waals surface area contributed by atoms with Crippen molar-refractivity contribution in [1.82, 2.24) is 10.6 Å². The highest BCUT2D eigenvalue weighted by Gasteiger charge is 2.56. The highest BCUT2D eigenvalue weighted by molar-refractivity contribution is 5.90. The minimum atomic E-state index is -0.365. The molecule has 0 spiro atoms. The van der Waals surface area contributed by atoms with Crippen molar-refractivity contribution in [2.24, 2.45) is 10.8 Å². The van der Waals surface area contributed by atoms with E-state index in [9.17, 15) is 9.59 Å². The van der Waals surface area contributed by atoms with Gasteiger partial charge >= 0.3 is 0 Å². The standard InChI is InChI=1S/C12H22N2O2/c1-5-13-9(15)11(3)7-12(4,8-11)10(16)14-6-2/h5-8H2,1-4H3,(H,13,15)(H,14,16). The van der Waals surface area contributed by atoms with Crippen LogP contribution < -0.4 is 10.6 Å². The van der Waals surface area contributed by atoms with Crippen LogP contribution in [0.5, 0.6) is 0 Å². The van der Waals surface area contributed by atoms with E-state index in [0.29, 0.717) is 25.9 Å². The van der Waals surface area contributed by atoms with Crippen LogP contribution in [0.2, 0.25) is 0 Å². The van der Waals surface area contributed by atoms with Crippen molar-refractivity contribution in [2.75, 3.05) is 13.1 Å². The molecule has 0 aromatic rings. The highest BCUT2D eigenvalue weighted by atomic mass is 16.2.